The van der Waals surface area contributed by atoms with Crippen LogP contribution in [0.25, 0.3) is 10.9 Å². The van der Waals surface area contributed by atoms with Gasteiger partial charge in [-0.15, -0.1) is 0 Å². The predicted molar refractivity (Wildman–Crippen MR) is 130 cm³/mol. The van der Waals surface area contributed by atoms with Crippen LogP contribution in [0.5, 0.6) is 17.2 Å². The van der Waals surface area contributed by atoms with E-state index < -0.39 is 17.6 Å². The Hall–Kier alpha value is -4.14. The van der Waals surface area contributed by atoms with Crippen LogP contribution in [0, 0.1) is 0 Å². The monoisotopic (exact) mass is 498 g/mol. The van der Waals surface area contributed by atoms with Crippen LogP contribution in [0.15, 0.2) is 72.9 Å². The van der Waals surface area contributed by atoms with Gasteiger partial charge in [-0.25, -0.2) is 0 Å². The number of aromatic amines is 1. The SMILES string of the molecule is COc1cccc(C(CNC(=O)COc2ccc(C(F)(F)F)cc2)c2c[nH]c3ccccc23)c1OC. The molecule has 4 rings (SSSR count). The van der Waals surface area contributed by atoms with Gasteiger partial charge in [0.15, 0.2) is 18.1 Å². The molecule has 2 N–H and O–H groups in total. The smallest absolute Gasteiger partial charge is 0.416 e. The van der Waals surface area contributed by atoms with Crippen molar-refractivity contribution in [2.24, 2.45) is 0 Å². The molecule has 4 aromatic rings. The third-order valence-electron chi connectivity index (χ3n) is 5.86. The normalized spacial score (nSPS) is 12.2. The molecule has 188 valence electrons. The minimum absolute atomic E-state index is 0.167. The summed E-state index contributed by atoms with van der Waals surface area (Å²) in [6.07, 6.45) is -2.53. The number of para-hydroxylation sites is 2. The van der Waals surface area contributed by atoms with Crippen molar-refractivity contribution in [3.05, 3.63) is 89.6 Å². The van der Waals surface area contributed by atoms with Crippen LogP contribution in [-0.2, 0) is 11.0 Å². The number of aromatic nitrogens is 1. The average molecular weight is 499 g/mol. The number of halogens is 3. The maximum atomic E-state index is 12.7. The zero-order valence-corrected chi connectivity index (χ0v) is 19.7. The van der Waals surface area contributed by atoms with Gasteiger partial charge in [0.25, 0.3) is 5.91 Å². The summed E-state index contributed by atoms with van der Waals surface area (Å²) in [5.74, 6) is 0.589. The zero-order chi connectivity index (χ0) is 25.7. The Morgan fingerprint density at radius 1 is 0.944 bits per heavy atom. The molecule has 1 atom stereocenters. The number of H-pyrrole nitrogens is 1. The summed E-state index contributed by atoms with van der Waals surface area (Å²) >= 11 is 0. The summed E-state index contributed by atoms with van der Waals surface area (Å²) in [6, 6.07) is 17.6. The molecule has 0 radical (unpaired) electrons. The first-order valence-corrected chi connectivity index (χ1v) is 11.2. The van der Waals surface area contributed by atoms with Gasteiger partial charge in [-0.05, 0) is 42.0 Å². The van der Waals surface area contributed by atoms with Gasteiger partial charge in [-0.1, -0.05) is 30.3 Å². The van der Waals surface area contributed by atoms with Crippen molar-refractivity contribution in [1.29, 1.82) is 0 Å². The highest BCUT2D eigenvalue weighted by Crippen LogP contribution is 2.40. The van der Waals surface area contributed by atoms with Crippen molar-refractivity contribution in [3.63, 3.8) is 0 Å². The van der Waals surface area contributed by atoms with Crippen molar-refractivity contribution in [3.8, 4) is 17.2 Å². The molecule has 0 aliphatic heterocycles. The van der Waals surface area contributed by atoms with Crippen LogP contribution in [0.3, 0.4) is 0 Å². The molecule has 0 saturated carbocycles. The Morgan fingerprint density at radius 3 is 2.39 bits per heavy atom. The van der Waals surface area contributed by atoms with Crippen LogP contribution in [0.1, 0.15) is 22.6 Å². The van der Waals surface area contributed by atoms with Crippen LogP contribution in [0.4, 0.5) is 13.2 Å². The molecule has 1 unspecified atom stereocenters. The number of rotatable bonds is 9. The number of alkyl halides is 3. The number of carbonyl (C=O) groups excluding carboxylic acids is 1. The minimum Gasteiger partial charge on any atom is -0.493 e. The number of benzene rings is 3. The largest absolute Gasteiger partial charge is 0.493 e. The molecule has 0 aliphatic rings. The standard InChI is InChI=1S/C27H25F3N2O4/c1-34-24-9-5-7-20(26(24)35-2)22(21-14-31-23-8-4-3-6-19(21)23)15-32-25(33)16-36-18-12-10-17(11-13-18)27(28,29)30/h3-14,22,31H,15-16H2,1-2H3,(H,32,33). The van der Waals surface area contributed by atoms with Crippen molar-refractivity contribution in [2.75, 3.05) is 27.4 Å². The van der Waals surface area contributed by atoms with Gasteiger partial charge in [0.1, 0.15) is 5.75 Å². The minimum atomic E-state index is -4.44. The molecule has 1 heterocycles. The van der Waals surface area contributed by atoms with E-state index in [0.717, 1.165) is 34.2 Å². The highest BCUT2D eigenvalue weighted by atomic mass is 19.4. The Kier molecular flexibility index (Phi) is 7.38. The summed E-state index contributed by atoms with van der Waals surface area (Å²) in [5.41, 5.74) is 1.95. The number of methoxy groups -OCH3 is 2. The molecule has 0 bridgehead atoms. The summed E-state index contributed by atoms with van der Waals surface area (Å²) < 4.78 is 54.7. The molecule has 0 spiro atoms. The van der Waals surface area contributed by atoms with Crippen LogP contribution in [-0.4, -0.2) is 38.3 Å². The van der Waals surface area contributed by atoms with E-state index >= 15 is 0 Å². The first-order chi connectivity index (χ1) is 17.3. The van der Waals surface area contributed by atoms with Crippen LogP contribution >= 0.6 is 0 Å². The quantitative estimate of drug-likeness (QED) is 0.318. The Morgan fingerprint density at radius 2 is 1.69 bits per heavy atom. The Balaban J connectivity index is 1.53. The van der Waals surface area contributed by atoms with E-state index in [4.69, 9.17) is 14.2 Å². The second kappa shape index (κ2) is 10.6. The maximum absolute atomic E-state index is 12.7. The van der Waals surface area contributed by atoms with Crippen molar-refractivity contribution in [1.82, 2.24) is 10.3 Å². The topological polar surface area (TPSA) is 72.6 Å². The van der Waals surface area contributed by atoms with Crippen molar-refractivity contribution >= 4 is 16.8 Å². The van der Waals surface area contributed by atoms with Gasteiger partial charge in [-0.2, -0.15) is 13.2 Å². The third-order valence-corrected chi connectivity index (χ3v) is 5.86. The van der Waals surface area contributed by atoms with E-state index in [1.807, 2.05) is 42.6 Å². The first-order valence-electron chi connectivity index (χ1n) is 11.2. The Bertz CT molecular complexity index is 1330. The predicted octanol–water partition coefficient (Wildman–Crippen LogP) is 5.53. The summed E-state index contributed by atoms with van der Waals surface area (Å²) in [7, 11) is 3.12. The lowest BCUT2D eigenvalue weighted by Crippen LogP contribution is -2.33. The first kappa shape index (κ1) is 25.0. The van der Waals surface area contributed by atoms with E-state index in [-0.39, 0.29) is 24.8 Å². The molecule has 6 nitrogen and oxygen atoms in total. The van der Waals surface area contributed by atoms with E-state index in [1.165, 1.54) is 12.1 Å². The highest BCUT2D eigenvalue weighted by Gasteiger charge is 2.30. The second-order valence-corrected chi connectivity index (χ2v) is 8.04. The number of nitrogens with one attached hydrogen (secondary N) is 2. The molecular formula is C27H25F3N2O4. The molecule has 36 heavy (non-hydrogen) atoms. The fourth-order valence-electron chi connectivity index (χ4n) is 4.11. The molecule has 9 heteroatoms. The number of hydrogen-bond acceptors (Lipinski definition) is 4. The van der Waals surface area contributed by atoms with E-state index in [9.17, 15) is 18.0 Å². The van der Waals surface area contributed by atoms with E-state index in [2.05, 4.69) is 10.3 Å². The molecule has 0 aliphatic carbocycles. The van der Waals surface area contributed by atoms with Crippen molar-refractivity contribution < 1.29 is 32.2 Å². The zero-order valence-electron chi connectivity index (χ0n) is 19.7. The lowest BCUT2D eigenvalue weighted by atomic mass is 9.90. The molecule has 3 aromatic carbocycles. The van der Waals surface area contributed by atoms with Crippen LogP contribution < -0.4 is 19.5 Å². The number of carbonyl (C=O) groups is 1. The van der Waals surface area contributed by atoms with Gasteiger partial charge < -0.3 is 24.5 Å². The molecule has 1 aromatic heterocycles. The summed E-state index contributed by atoms with van der Waals surface area (Å²) in [4.78, 5) is 15.9. The highest BCUT2D eigenvalue weighted by molar-refractivity contribution is 5.84. The molecular weight excluding hydrogens is 473 g/mol. The number of amides is 1. The van der Waals surface area contributed by atoms with E-state index in [1.54, 1.807) is 20.3 Å². The average Bonchev–Trinajstić information content (AvgIpc) is 3.31. The van der Waals surface area contributed by atoms with Crippen molar-refractivity contribution in [2.45, 2.75) is 12.1 Å². The lowest BCUT2D eigenvalue weighted by Gasteiger charge is -2.22. The molecule has 1 amide bonds. The Labute approximate surface area is 206 Å². The van der Waals surface area contributed by atoms with Gasteiger partial charge in [0.2, 0.25) is 0 Å². The van der Waals surface area contributed by atoms with Gasteiger partial charge in [0, 0.05) is 35.1 Å². The lowest BCUT2D eigenvalue weighted by molar-refractivity contribution is -0.137. The number of ether oxygens (including phenoxy) is 3. The van der Waals surface area contributed by atoms with Gasteiger partial charge in [-0.3, -0.25) is 4.79 Å². The molecule has 0 fully saturated rings. The fourth-order valence-corrected chi connectivity index (χ4v) is 4.11. The fraction of sp³-hybridized carbons (Fsp3) is 0.222. The third kappa shape index (κ3) is 5.40. The summed E-state index contributed by atoms with van der Waals surface area (Å²) in [6.45, 7) is -0.123. The van der Waals surface area contributed by atoms with Gasteiger partial charge >= 0.3 is 6.18 Å². The van der Waals surface area contributed by atoms with Gasteiger partial charge in [0.05, 0.1) is 19.8 Å². The maximum Gasteiger partial charge on any atom is 0.416 e. The second-order valence-electron chi connectivity index (χ2n) is 8.04. The molecule has 0 saturated heterocycles. The van der Waals surface area contributed by atoms with E-state index in [0.29, 0.717) is 11.5 Å². The number of hydrogen-bond donors (Lipinski definition) is 2. The van der Waals surface area contributed by atoms with Crippen LogP contribution in [0.2, 0.25) is 0 Å². The number of fused-ring (bicyclic) bond motifs is 1. The summed E-state index contributed by atoms with van der Waals surface area (Å²) in [5, 5.41) is 3.88.